The first-order valence-corrected chi connectivity index (χ1v) is 4.37. The Balaban J connectivity index is 2.88. The van der Waals surface area contributed by atoms with Gasteiger partial charge in [0.05, 0.1) is 11.9 Å². The molecule has 56 valence electrons. The number of fused-ring (bicyclic) bond motifs is 1. The van der Waals surface area contributed by atoms with Gasteiger partial charge in [-0.1, -0.05) is 22.0 Å². The summed E-state index contributed by atoms with van der Waals surface area (Å²) in [6.07, 6.45) is 2.15. The van der Waals surface area contributed by atoms with Crippen LogP contribution < -0.4 is 10.6 Å². The van der Waals surface area contributed by atoms with Crippen LogP contribution in [0.1, 0.15) is 5.56 Å². The molecule has 0 spiro atoms. The van der Waals surface area contributed by atoms with E-state index in [1.807, 2.05) is 0 Å². The Kier molecular flexibility index (Phi) is 1.57. The number of benzene rings is 1. The molecule has 0 atom stereocenters. The van der Waals surface area contributed by atoms with Crippen molar-refractivity contribution in [3.05, 3.63) is 32.7 Å². The van der Waals surface area contributed by atoms with Gasteiger partial charge in [-0.2, -0.15) is 0 Å². The van der Waals surface area contributed by atoms with Gasteiger partial charge in [0.25, 0.3) is 0 Å². The van der Waals surface area contributed by atoms with E-state index in [0.29, 0.717) is 0 Å². The minimum Gasteiger partial charge on any atom is -0.281 e. The molecule has 0 bridgehead atoms. The number of rotatable bonds is 0. The maximum atomic E-state index is 4.32. The van der Waals surface area contributed by atoms with Crippen LogP contribution in [0.3, 0.4) is 0 Å². The summed E-state index contributed by atoms with van der Waals surface area (Å²) in [5, 5.41) is 2.38. The topological polar surface area (TPSA) is 12.4 Å². The van der Waals surface area contributed by atoms with E-state index in [-0.39, 0.29) is 0 Å². The normalized spacial score (nSPS) is 13.6. The second-order valence-electron chi connectivity index (χ2n) is 2.71. The first-order valence-electron chi connectivity index (χ1n) is 3.58. The Morgan fingerprint density at radius 3 is 3.09 bits per heavy atom. The van der Waals surface area contributed by atoms with E-state index < -0.39 is 0 Å². The quantitative estimate of drug-likeness (QED) is 0.609. The summed E-state index contributed by atoms with van der Waals surface area (Å²) in [7, 11) is 0. The fraction of sp³-hybridized carbons (Fsp3) is 0.222. The molecule has 1 aliphatic rings. The average Bonchev–Trinajstić information content (AvgIpc) is 2.36. The lowest BCUT2D eigenvalue weighted by atomic mass is 10.2. The van der Waals surface area contributed by atoms with Gasteiger partial charge in [-0.05, 0) is 29.8 Å². The van der Waals surface area contributed by atoms with Crippen LogP contribution >= 0.6 is 15.9 Å². The van der Waals surface area contributed by atoms with E-state index in [4.69, 9.17) is 0 Å². The predicted octanol–water partition coefficient (Wildman–Crippen LogP) is 1.17. The van der Waals surface area contributed by atoms with Crippen molar-refractivity contribution in [2.75, 3.05) is 6.54 Å². The molecule has 0 N–H and O–H groups in total. The third-order valence-electron chi connectivity index (χ3n) is 1.88. The van der Waals surface area contributed by atoms with Crippen LogP contribution in [0.2, 0.25) is 0 Å². The zero-order valence-corrected chi connectivity index (χ0v) is 7.85. The third kappa shape index (κ3) is 1.11. The SMILES string of the molecule is Cc1cc2c(cc1Br)=NCC=2. The summed E-state index contributed by atoms with van der Waals surface area (Å²) in [5.74, 6) is 0. The molecule has 0 saturated carbocycles. The minimum atomic E-state index is 0.839. The predicted molar refractivity (Wildman–Crippen MR) is 49.0 cm³/mol. The van der Waals surface area contributed by atoms with Gasteiger partial charge in [0.15, 0.2) is 0 Å². The van der Waals surface area contributed by atoms with Crippen LogP contribution in [0.4, 0.5) is 0 Å². The number of nitrogens with zero attached hydrogens (tertiary/aromatic N) is 1. The van der Waals surface area contributed by atoms with Crippen molar-refractivity contribution < 1.29 is 0 Å². The number of hydrogen-bond acceptors (Lipinski definition) is 1. The number of aryl methyl sites for hydroxylation is 1. The second-order valence-corrected chi connectivity index (χ2v) is 3.56. The summed E-state index contributed by atoms with van der Waals surface area (Å²) in [5.41, 5.74) is 1.28. The molecule has 2 heteroatoms. The zero-order chi connectivity index (χ0) is 7.84. The lowest BCUT2D eigenvalue weighted by molar-refractivity contribution is 1.21. The van der Waals surface area contributed by atoms with Gasteiger partial charge in [0, 0.05) is 4.47 Å². The van der Waals surface area contributed by atoms with Crippen LogP contribution in [0.25, 0.3) is 6.08 Å². The summed E-state index contributed by atoms with van der Waals surface area (Å²) >= 11 is 3.47. The Bertz CT molecular complexity index is 367. The Labute approximate surface area is 73.6 Å². The molecular weight excluding hydrogens is 202 g/mol. The van der Waals surface area contributed by atoms with Crippen LogP contribution in [-0.2, 0) is 0 Å². The van der Waals surface area contributed by atoms with Gasteiger partial charge in [-0.25, -0.2) is 0 Å². The van der Waals surface area contributed by atoms with E-state index in [9.17, 15) is 0 Å². The van der Waals surface area contributed by atoms with Crippen molar-refractivity contribution in [2.24, 2.45) is 4.99 Å². The molecule has 0 fully saturated rings. The highest BCUT2D eigenvalue weighted by Gasteiger charge is 1.98. The van der Waals surface area contributed by atoms with Crippen LogP contribution in [0, 0.1) is 6.92 Å². The van der Waals surface area contributed by atoms with E-state index in [0.717, 1.165) is 16.4 Å². The number of hydrogen-bond donors (Lipinski definition) is 0. The van der Waals surface area contributed by atoms with E-state index in [2.05, 4.69) is 46.1 Å². The monoisotopic (exact) mass is 209 g/mol. The lowest BCUT2D eigenvalue weighted by Crippen LogP contribution is -2.21. The minimum absolute atomic E-state index is 0.839. The molecule has 1 heterocycles. The van der Waals surface area contributed by atoms with Crippen molar-refractivity contribution in [1.29, 1.82) is 0 Å². The fourth-order valence-corrected chi connectivity index (χ4v) is 1.57. The van der Waals surface area contributed by atoms with Crippen LogP contribution in [-0.4, -0.2) is 6.54 Å². The second kappa shape index (κ2) is 2.45. The molecule has 0 radical (unpaired) electrons. The van der Waals surface area contributed by atoms with Gasteiger partial charge < -0.3 is 0 Å². The molecule has 0 aromatic heterocycles. The number of halogens is 1. The summed E-state index contributed by atoms with van der Waals surface area (Å²) in [6.45, 7) is 2.93. The Morgan fingerprint density at radius 1 is 1.45 bits per heavy atom. The molecular formula is C9H8BrN. The molecule has 0 unspecified atom stereocenters. The molecule has 0 saturated heterocycles. The highest BCUT2D eigenvalue weighted by molar-refractivity contribution is 9.10. The van der Waals surface area contributed by atoms with Crippen molar-refractivity contribution >= 4 is 22.0 Å². The molecule has 0 amide bonds. The Morgan fingerprint density at radius 2 is 2.27 bits per heavy atom. The van der Waals surface area contributed by atoms with Crippen molar-refractivity contribution in [3.63, 3.8) is 0 Å². The summed E-state index contributed by atoms with van der Waals surface area (Å²) < 4.78 is 1.15. The molecule has 0 aliphatic carbocycles. The van der Waals surface area contributed by atoms with Crippen LogP contribution in [0.5, 0.6) is 0 Å². The first kappa shape index (κ1) is 7.04. The lowest BCUT2D eigenvalue weighted by Gasteiger charge is -1.94. The standard InChI is InChI=1S/C9H8BrN/c1-6-4-7-2-3-11-9(7)5-8(6)10/h2,4-5H,3H2,1H3. The zero-order valence-electron chi connectivity index (χ0n) is 6.26. The van der Waals surface area contributed by atoms with Gasteiger partial charge in [-0.3, -0.25) is 4.99 Å². The van der Waals surface area contributed by atoms with Gasteiger partial charge in [0.1, 0.15) is 0 Å². The maximum absolute atomic E-state index is 4.32. The largest absolute Gasteiger partial charge is 0.281 e. The van der Waals surface area contributed by atoms with E-state index >= 15 is 0 Å². The molecule has 1 aromatic rings. The third-order valence-corrected chi connectivity index (χ3v) is 2.74. The van der Waals surface area contributed by atoms with Crippen LogP contribution in [0.15, 0.2) is 21.6 Å². The molecule has 1 aromatic carbocycles. The van der Waals surface area contributed by atoms with Gasteiger partial charge in [-0.15, -0.1) is 0 Å². The Hall–Kier alpha value is -0.630. The molecule has 1 nitrogen and oxygen atoms in total. The summed E-state index contributed by atoms with van der Waals surface area (Å²) in [4.78, 5) is 4.32. The highest BCUT2D eigenvalue weighted by Crippen LogP contribution is 2.10. The molecule has 1 aliphatic heterocycles. The maximum Gasteiger partial charge on any atom is 0.0659 e. The fourth-order valence-electron chi connectivity index (χ4n) is 1.24. The van der Waals surface area contributed by atoms with Crippen molar-refractivity contribution in [2.45, 2.75) is 6.92 Å². The molecule has 2 rings (SSSR count). The van der Waals surface area contributed by atoms with E-state index in [1.165, 1.54) is 10.8 Å². The highest BCUT2D eigenvalue weighted by atomic mass is 79.9. The molecule has 11 heavy (non-hydrogen) atoms. The average molecular weight is 210 g/mol. The van der Waals surface area contributed by atoms with Crippen molar-refractivity contribution in [1.82, 2.24) is 0 Å². The smallest absolute Gasteiger partial charge is 0.0659 e. The van der Waals surface area contributed by atoms with Crippen molar-refractivity contribution in [3.8, 4) is 0 Å². The summed E-state index contributed by atoms with van der Waals surface area (Å²) in [6, 6.07) is 4.24. The van der Waals surface area contributed by atoms with Gasteiger partial charge >= 0.3 is 0 Å². The first-order chi connectivity index (χ1) is 5.27. The van der Waals surface area contributed by atoms with Gasteiger partial charge in [0.2, 0.25) is 0 Å². The van der Waals surface area contributed by atoms with E-state index in [1.54, 1.807) is 0 Å².